The molecule has 0 saturated heterocycles. The Balaban J connectivity index is 1.51. The van der Waals surface area contributed by atoms with Crippen LogP contribution >= 0.6 is 11.3 Å². The molecule has 0 fully saturated rings. The number of amides is 2. The summed E-state index contributed by atoms with van der Waals surface area (Å²) >= 11 is 1.72. The highest BCUT2D eigenvalue weighted by Gasteiger charge is 2.33. The smallest absolute Gasteiger partial charge is 0.254 e. The maximum Gasteiger partial charge on any atom is 0.254 e. The maximum atomic E-state index is 13.5. The third-order valence-electron chi connectivity index (χ3n) is 6.45. The molecule has 0 radical (unpaired) electrons. The maximum absolute atomic E-state index is 13.5. The van der Waals surface area contributed by atoms with E-state index in [1.807, 2.05) is 30.9 Å². The van der Waals surface area contributed by atoms with E-state index in [4.69, 9.17) is 9.47 Å². The summed E-state index contributed by atoms with van der Waals surface area (Å²) in [6, 6.07) is 15.0. The van der Waals surface area contributed by atoms with E-state index in [-0.39, 0.29) is 24.4 Å². The molecule has 0 bridgehead atoms. The van der Waals surface area contributed by atoms with Gasteiger partial charge in [0, 0.05) is 23.5 Å². The topological polar surface area (TPSA) is 59.1 Å². The number of likely N-dealkylation sites (N-methyl/N-ethyl adjacent to an activating group) is 1. The highest BCUT2D eigenvalue weighted by atomic mass is 32.1. The van der Waals surface area contributed by atoms with E-state index >= 15 is 0 Å². The van der Waals surface area contributed by atoms with Gasteiger partial charge in [0.25, 0.3) is 5.91 Å². The Morgan fingerprint density at radius 3 is 2.71 bits per heavy atom. The molecule has 2 aromatic carbocycles. The monoisotopic (exact) mass is 492 g/mol. The van der Waals surface area contributed by atoms with Crippen LogP contribution in [0.5, 0.6) is 11.5 Å². The first-order valence-electron chi connectivity index (χ1n) is 11.9. The number of rotatable bonds is 8. The molecule has 0 aliphatic carbocycles. The molecule has 35 heavy (non-hydrogen) atoms. The average Bonchev–Trinajstić information content (AvgIpc) is 3.35. The number of hydrogen-bond acceptors (Lipinski definition) is 5. The number of fused-ring (bicyclic) bond motifs is 1. The van der Waals surface area contributed by atoms with Crippen molar-refractivity contribution in [2.24, 2.45) is 0 Å². The molecule has 1 aliphatic heterocycles. The van der Waals surface area contributed by atoms with Crippen LogP contribution in [0.4, 0.5) is 0 Å². The van der Waals surface area contributed by atoms with Gasteiger partial charge in [0.2, 0.25) is 5.91 Å². The highest BCUT2D eigenvalue weighted by molar-refractivity contribution is 7.10. The van der Waals surface area contributed by atoms with E-state index in [0.29, 0.717) is 31.0 Å². The number of aryl methyl sites for hydroxylation is 2. The van der Waals surface area contributed by atoms with Crippen molar-refractivity contribution in [1.82, 2.24) is 9.80 Å². The first-order chi connectivity index (χ1) is 16.9. The van der Waals surface area contributed by atoms with E-state index in [2.05, 4.69) is 24.4 Å². The molecule has 2 amide bonds. The summed E-state index contributed by atoms with van der Waals surface area (Å²) in [5.74, 6) is 1.18. The molecule has 184 valence electrons. The van der Waals surface area contributed by atoms with E-state index in [1.54, 1.807) is 47.6 Å². The molecular weight excluding hydrogens is 460 g/mol. The molecular formula is C28H32N2O4S. The number of hydrogen-bond donors (Lipinski definition) is 0. The third kappa shape index (κ3) is 5.51. The highest BCUT2D eigenvalue weighted by Crippen LogP contribution is 2.34. The second-order valence-electron chi connectivity index (χ2n) is 8.78. The van der Waals surface area contributed by atoms with Crippen molar-refractivity contribution < 1.29 is 19.1 Å². The van der Waals surface area contributed by atoms with Gasteiger partial charge in [0.1, 0.15) is 24.7 Å². The standard InChI is InChI=1S/C28H32N2O4S/c1-5-29(28(32)21-7-6-8-22(16-21)33-4)17-27(31)30-13-11-26-23(12-14-35-26)24(30)18-34-25-10-9-19(2)15-20(25)3/h6-10,12,14-16,24H,5,11,13,17-18H2,1-4H3/t24-/m0/s1. The van der Waals surface area contributed by atoms with Crippen molar-refractivity contribution in [1.29, 1.82) is 0 Å². The van der Waals surface area contributed by atoms with Crippen LogP contribution in [-0.2, 0) is 11.2 Å². The molecule has 3 aromatic rings. The fraction of sp³-hybridized carbons (Fsp3) is 0.357. The average molecular weight is 493 g/mol. The summed E-state index contributed by atoms with van der Waals surface area (Å²) in [4.78, 5) is 31.5. The number of nitrogens with zero attached hydrogens (tertiary/aromatic N) is 2. The van der Waals surface area contributed by atoms with E-state index in [0.717, 1.165) is 23.3 Å². The summed E-state index contributed by atoms with van der Waals surface area (Å²) in [6.07, 6.45) is 0.814. The van der Waals surface area contributed by atoms with Crippen LogP contribution in [0, 0.1) is 13.8 Å². The van der Waals surface area contributed by atoms with Gasteiger partial charge in [-0.25, -0.2) is 0 Å². The van der Waals surface area contributed by atoms with Crippen molar-refractivity contribution >= 4 is 23.2 Å². The zero-order chi connectivity index (χ0) is 24.9. The van der Waals surface area contributed by atoms with Gasteiger partial charge in [-0.1, -0.05) is 23.8 Å². The Bertz CT molecular complexity index is 1210. The number of methoxy groups -OCH3 is 1. The van der Waals surface area contributed by atoms with Gasteiger partial charge in [0.15, 0.2) is 0 Å². The van der Waals surface area contributed by atoms with E-state index in [9.17, 15) is 9.59 Å². The summed E-state index contributed by atoms with van der Waals surface area (Å²) in [6.45, 7) is 7.41. The zero-order valence-electron chi connectivity index (χ0n) is 20.7. The molecule has 2 heterocycles. The van der Waals surface area contributed by atoms with Crippen molar-refractivity contribution in [2.45, 2.75) is 33.2 Å². The van der Waals surface area contributed by atoms with Crippen LogP contribution in [-0.4, -0.2) is 55.0 Å². The van der Waals surface area contributed by atoms with Crippen LogP contribution in [0.3, 0.4) is 0 Å². The van der Waals surface area contributed by atoms with E-state index < -0.39 is 0 Å². The first-order valence-corrected chi connectivity index (χ1v) is 12.8. The Morgan fingerprint density at radius 2 is 1.97 bits per heavy atom. The summed E-state index contributed by atoms with van der Waals surface area (Å²) in [5, 5.41) is 2.08. The van der Waals surface area contributed by atoms with Gasteiger partial charge in [-0.2, -0.15) is 0 Å². The molecule has 1 aromatic heterocycles. The molecule has 6 nitrogen and oxygen atoms in total. The van der Waals surface area contributed by atoms with Gasteiger partial charge >= 0.3 is 0 Å². The molecule has 7 heteroatoms. The largest absolute Gasteiger partial charge is 0.497 e. The lowest BCUT2D eigenvalue weighted by Gasteiger charge is -2.37. The lowest BCUT2D eigenvalue weighted by molar-refractivity contribution is -0.135. The van der Waals surface area contributed by atoms with Crippen molar-refractivity contribution in [2.75, 3.05) is 33.4 Å². The number of carbonyl (C=O) groups excluding carboxylic acids is 2. The van der Waals surface area contributed by atoms with Crippen LogP contribution in [0.25, 0.3) is 0 Å². The van der Waals surface area contributed by atoms with Crippen LogP contribution < -0.4 is 9.47 Å². The fourth-order valence-electron chi connectivity index (χ4n) is 4.52. The Labute approximate surface area is 211 Å². The van der Waals surface area contributed by atoms with Gasteiger partial charge in [0.05, 0.1) is 13.2 Å². The minimum atomic E-state index is -0.191. The Morgan fingerprint density at radius 1 is 1.14 bits per heavy atom. The normalized spacial score (nSPS) is 14.9. The van der Waals surface area contributed by atoms with Gasteiger partial charge in [-0.3, -0.25) is 9.59 Å². The Hall–Kier alpha value is -3.32. The minimum Gasteiger partial charge on any atom is -0.497 e. The predicted octanol–water partition coefficient (Wildman–Crippen LogP) is 5.04. The molecule has 4 rings (SSSR count). The lowest BCUT2D eigenvalue weighted by atomic mass is 10.00. The molecule has 1 atom stereocenters. The van der Waals surface area contributed by atoms with Crippen molar-refractivity contribution in [3.63, 3.8) is 0 Å². The van der Waals surface area contributed by atoms with Crippen LogP contribution in [0.15, 0.2) is 53.9 Å². The number of thiophene rings is 1. The van der Waals surface area contributed by atoms with Crippen molar-refractivity contribution in [3.05, 3.63) is 81.0 Å². The fourth-order valence-corrected chi connectivity index (χ4v) is 5.45. The predicted molar refractivity (Wildman–Crippen MR) is 138 cm³/mol. The van der Waals surface area contributed by atoms with E-state index in [1.165, 1.54) is 10.4 Å². The third-order valence-corrected chi connectivity index (χ3v) is 7.45. The van der Waals surface area contributed by atoms with Crippen molar-refractivity contribution in [3.8, 4) is 11.5 Å². The quantitative estimate of drug-likeness (QED) is 0.442. The molecule has 0 N–H and O–H groups in total. The van der Waals surface area contributed by atoms with Crippen LogP contribution in [0.2, 0.25) is 0 Å². The first kappa shape index (κ1) is 24.8. The minimum absolute atomic E-state index is 0.0199. The lowest BCUT2D eigenvalue weighted by Crippen LogP contribution is -2.47. The summed E-state index contributed by atoms with van der Waals surface area (Å²) in [7, 11) is 1.57. The van der Waals surface area contributed by atoms with Gasteiger partial charge in [-0.05, 0) is 74.0 Å². The molecule has 0 unspecified atom stereocenters. The summed E-state index contributed by atoms with van der Waals surface area (Å²) in [5.41, 5.74) is 3.91. The molecule has 1 aliphatic rings. The molecule has 0 spiro atoms. The number of ether oxygens (including phenoxy) is 2. The second-order valence-corrected chi connectivity index (χ2v) is 9.78. The van der Waals surface area contributed by atoms with Crippen LogP contribution in [0.1, 0.15) is 44.9 Å². The summed E-state index contributed by atoms with van der Waals surface area (Å²) < 4.78 is 11.5. The Kier molecular flexibility index (Phi) is 7.76. The number of benzene rings is 2. The van der Waals surface area contributed by atoms with Gasteiger partial charge in [-0.15, -0.1) is 11.3 Å². The number of carbonyl (C=O) groups is 2. The zero-order valence-corrected chi connectivity index (χ0v) is 21.6. The second kappa shape index (κ2) is 11.0. The molecule has 0 saturated carbocycles. The SMILES string of the molecule is CCN(CC(=O)N1CCc2sccc2[C@@H]1COc1ccc(C)cc1C)C(=O)c1cccc(OC)c1. The van der Waals surface area contributed by atoms with Gasteiger partial charge < -0.3 is 19.3 Å².